The third-order valence-corrected chi connectivity index (χ3v) is 13.7. The molecule has 0 heterocycles. The lowest BCUT2D eigenvalue weighted by molar-refractivity contribution is -0.167. The van der Waals surface area contributed by atoms with Gasteiger partial charge in [-0.2, -0.15) is 0 Å². The van der Waals surface area contributed by atoms with Gasteiger partial charge in [0.25, 0.3) is 0 Å². The molecule has 0 saturated carbocycles. The molecular formula is C64H116O6. The van der Waals surface area contributed by atoms with Gasteiger partial charge in [0.1, 0.15) is 13.2 Å². The monoisotopic (exact) mass is 981 g/mol. The Morgan fingerprint density at radius 2 is 0.514 bits per heavy atom. The second-order valence-corrected chi connectivity index (χ2v) is 20.7. The normalized spacial score (nSPS) is 12.3. The van der Waals surface area contributed by atoms with Crippen LogP contribution in [0, 0.1) is 0 Å². The Morgan fingerprint density at radius 3 is 0.829 bits per heavy atom. The zero-order valence-corrected chi connectivity index (χ0v) is 46.8. The lowest BCUT2D eigenvalue weighted by atomic mass is 10.0. The Bertz CT molecular complexity index is 1220. The summed E-state index contributed by atoms with van der Waals surface area (Å²) >= 11 is 0. The van der Waals surface area contributed by atoms with E-state index in [9.17, 15) is 14.4 Å². The maximum absolute atomic E-state index is 12.9. The molecule has 0 saturated heterocycles. The molecular weight excluding hydrogens is 865 g/mol. The molecule has 0 N–H and O–H groups in total. The van der Waals surface area contributed by atoms with Crippen LogP contribution >= 0.6 is 0 Å². The van der Waals surface area contributed by atoms with Gasteiger partial charge in [0.15, 0.2) is 6.10 Å². The topological polar surface area (TPSA) is 78.9 Å². The van der Waals surface area contributed by atoms with Gasteiger partial charge in [0.05, 0.1) is 0 Å². The van der Waals surface area contributed by atoms with Gasteiger partial charge in [-0.25, -0.2) is 0 Å². The van der Waals surface area contributed by atoms with E-state index in [4.69, 9.17) is 14.2 Å². The lowest BCUT2D eigenvalue weighted by Gasteiger charge is -2.18. The van der Waals surface area contributed by atoms with E-state index < -0.39 is 6.10 Å². The number of carbonyl (C=O) groups excluding carboxylic acids is 3. The standard InChI is InChI=1S/C64H116O6/c1-4-7-10-13-16-19-22-25-28-30-32-34-36-39-42-45-48-51-54-57-63(66)69-60-61(59-68-62(65)56-53-50-47-44-41-38-35-27-24-21-18-15-12-9-6-3)70-64(67)58-55-52-49-46-43-40-37-33-31-29-26-23-20-17-14-11-8-5-2/h17,20,23,26,29,31,33,37,61H,4-16,18-19,21-22,24-25,27-28,30,32,34-36,38-60H2,1-3H3/b20-17-,26-23-,31-29-,37-33-. The number of esters is 3. The first kappa shape index (κ1) is 67.4. The summed E-state index contributed by atoms with van der Waals surface area (Å²) in [5.74, 6) is -0.880. The molecule has 1 unspecified atom stereocenters. The van der Waals surface area contributed by atoms with Crippen molar-refractivity contribution in [3.8, 4) is 0 Å². The van der Waals surface area contributed by atoms with Crippen LogP contribution in [-0.4, -0.2) is 37.2 Å². The summed E-state index contributed by atoms with van der Waals surface area (Å²) < 4.78 is 16.9. The lowest BCUT2D eigenvalue weighted by Crippen LogP contribution is -2.30. The van der Waals surface area contributed by atoms with Gasteiger partial charge in [0.2, 0.25) is 0 Å². The maximum atomic E-state index is 12.9. The number of ether oxygens (including phenoxy) is 3. The highest BCUT2D eigenvalue weighted by atomic mass is 16.6. The van der Waals surface area contributed by atoms with Crippen LogP contribution in [0.25, 0.3) is 0 Å². The minimum Gasteiger partial charge on any atom is -0.462 e. The molecule has 0 spiro atoms. The molecule has 0 rings (SSSR count). The van der Waals surface area contributed by atoms with Gasteiger partial charge in [-0.15, -0.1) is 0 Å². The second kappa shape index (κ2) is 58.9. The fourth-order valence-corrected chi connectivity index (χ4v) is 9.05. The van der Waals surface area contributed by atoms with Crippen LogP contribution in [0.15, 0.2) is 48.6 Å². The summed E-state index contributed by atoms with van der Waals surface area (Å²) in [6, 6.07) is 0. The van der Waals surface area contributed by atoms with Crippen molar-refractivity contribution in [3.63, 3.8) is 0 Å². The number of unbranched alkanes of at least 4 members (excludes halogenated alkanes) is 40. The SMILES string of the molecule is CCCCC\C=C/C=C\C=C/C=C\CCCCCCCC(=O)OC(COC(=O)CCCCCCCCCCCCCCCCC)COC(=O)CCCCCCCCCCCCCCCCCCCCC. The van der Waals surface area contributed by atoms with E-state index in [-0.39, 0.29) is 31.1 Å². The van der Waals surface area contributed by atoms with Gasteiger partial charge in [-0.1, -0.05) is 307 Å². The number of rotatable bonds is 56. The first-order valence-corrected chi connectivity index (χ1v) is 30.7. The van der Waals surface area contributed by atoms with Crippen LogP contribution in [0.3, 0.4) is 0 Å². The quantitative estimate of drug-likeness (QED) is 0.0261. The highest BCUT2D eigenvalue weighted by molar-refractivity contribution is 5.71. The predicted molar refractivity (Wildman–Crippen MR) is 302 cm³/mol. The first-order chi connectivity index (χ1) is 34.5. The van der Waals surface area contributed by atoms with Crippen molar-refractivity contribution in [2.24, 2.45) is 0 Å². The molecule has 0 radical (unpaired) electrons. The third kappa shape index (κ3) is 56.3. The molecule has 6 nitrogen and oxygen atoms in total. The van der Waals surface area contributed by atoms with Crippen LogP contribution in [-0.2, 0) is 28.6 Å². The molecule has 0 aliphatic rings. The van der Waals surface area contributed by atoms with E-state index >= 15 is 0 Å². The largest absolute Gasteiger partial charge is 0.462 e. The number of allylic oxidation sites excluding steroid dienone is 8. The van der Waals surface area contributed by atoms with Gasteiger partial charge in [-0.3, -0.25) is 14.4 Å². The smallest absolute Gasteiger partial charge is 0.306 e. The number of carbonyl (C=O) groups is 3. The zero-order valence-electron chi connectivity index (χ0n) is 46.8. The molecule has 1 atom stereocenters. The van der Waals surface area contributed by atoms with Gasteiger partial charge in [-0.05, 0) is 44.9 Å². The van der Waals surface area contributed by atoms with E-state index in [0.717, 1.165) is 83.5 Å². The molecule has 0 aromatic rings. The van der Waals surface area contributed by atoms with Gasteiger partial charge >= 0.3 is 17.9 Å². The summed E-state index contributed by atoms with van der Waals surface area (Å²) in [7, 11) is 0. The molecule has 0 aliphatic heterocycles. The van der Waals surface area contributed by atoms with Crippen LogP contribution in [0.2, 0.25) is 0 Å². The van der Waals surface area contributed by atoms with Crippen molar-refractivity contribution in [1.29, 1.82) is 0 Å². The number of hydrogen-bond donors (Lipinski definition) is 0. The van der Waals surface area contributed by atoms with E-state index in [0.29, 0.717) is 19.3 Å². The maximum Gasteiger partial charge on any atom is 0.306 e. The summed E-state index contributed by atoms with van der Waals surface area (Å²) in [6.07, 6.45) is 72.4. The summed E-state index contributed by atoms with van der Waals surface area (Å²) in [6.45, 7) is 6.64. The van der Waals surface area contributed by atoms with Crippen molar-refractivity contribution < 1.29 is 28.6 Å². The van der Waals surface area contributed by atoms with Crippen molar-refractivity contribution in [2.75, 3.05) is 13.2 Å². The Balaban J connectivity index is 4.37. The Kier molecular flexibility index (Phi) is 56.7. The predicted octanol–water partition coefficient (Wildman–Crippen LogP) is 20.6. The zero-order chi connectivity index (χ0) is 50.7. The Morgan fingerprint density at radius 1 is 0.286 bits per heavy atom. The van der Waals surface area contributed by atoms with Gasteiger partial charge in [0, 0.05) is 19.3 Å². The Hall–Kier alpha value is -2.63. The van der Waals surface area contributed by atoms with Crippen LogP contribution < -0.4 is 0 Å². The van der Waals surface area contributed by atoms with E-state index in [2.05, 4.69) is 69.4 Å². The molecule has 408 valence electrons. The summed E-state index contributed by atoms with van der Waals surface area (Å²) in [4.78, 5) is 38.2. The summed E-state index contributed by atoms with van der Waals surface area (Å²) in [5.41, 5.74) is 0. The van der Waals surface area contributed by atoms with E-state index in [1.54, 1.807) is 0 Å². The summed E-state index contributed by atoms with van der Waals surface area (Å²) in [5, 5.41) is 0. The molecule has 6 heteroatoms. The molecule has 0 aromatic carbocycles. The fraction of sp³-hybridized carbons (Fsp3) is 0.828. The van der Waals surface area contributed by atoms with Crippen molar-refractivity contribution in [1.82, 2.24) is 0 Å². The first-order valence-electron chi connectivity index (χ1n) is 30.7. The molecule has 0 bridgehead atoms. The molecule has 0 aromatic heterocycles. The second-order valence-electron chi connectivity index (χ2n) is 20.7. The van der Waals surface area contributed by atoms with Crippen molar-refractivity contribution >= 4 is 17.9 Å². The highest BCUT2D eigenvalue weighted by Crippen LogP contribution is 2.17. The Labute approximate surface area is 435 Å². The molecule has 0 fully saturated rings. The van der Waals surface area contributed by atoms with E-state index in [1.165, 1.54) is 199 Å². The van der Waals surface area contributed by atoms with Crippen molar-refractivity contribution in [2.45, 2.75) is 329 Å². The minimum atomic E-state index is -0.782. The highest BCUT2D eigenvalue weighted by Gasteiger charge is 2.19. The molecule has 0 amide bonds. The van der Waals surface area contributed by atoms with E-state index in [1.807, 2.05) is 0 Å². The van der Waals surface area contributed by atoms with Crippen LogP contribution in [0.1, 0.15) is 323 Å². The van der Waals surface area contributed by atoms with Crippen LogP contribution in [0.5, 0.6) is 0 Å². The number of hydrogen-bond acceptors (Lipinski definition) is 6. The molecule has 70 heavy (non-hydrogen) atoms. The van der Waals surface area contributed by atoms with Crippen molar-refractivity contribution in [3.05, 3.63) is 48.6 Å². The van der Waals surface area contributed by atoms with Gasteiger partial charge < -0.3 is 14.2 Å². The average Bonchev–Trinajstić information content (AvgIpc) is 3.36. The van der Waals surface area contributed by atoms with Crippen LogP contribution in [0.4, 0.5) is 0 Å². The molecule has 0 aliphatic carbocycles. The minimum absolute atomic E-state index is 0.0783. The fourth-order valence-electron chi connectivity index (χ4n) is 9.05. The third-order valence-electron chi connectivity index (χ3n) is 13.7. The average molecular weight is 982 g/mol.